The zero-order valence-corrected chi connectivity index (χ0v) is 19.0. The SMILES string of the molecule is Cn1cc(-c2ccc(Cc3cc(C(=O)N[C@H]4CCCC[C@@H]4O)nc(-n4cccn4)c3)cn2)cn1. The Hall–Kier alpha value is -3.85. The molecule has 0 aliphatic heterocycles. The summed E-state index contributed by atoms with van der Waals surface area (Å²) in [4.78, 5) is 22.2. The van der Waals surface area contributed by atoms with Crippen LogP contribution in [0.4, 0.5) is 0 Å². The predicted octanol–water partition coefficient (Wildman–Crippen LogP) is 2.69. The van der Waals surface area contributed by atoms with Crippen LogP contribution >= 0.6 is 0 Å². The van der Waals surface area contributed by atoms with Crippen LogP contribution in [0.2, 0.25) is 0 Å². The van der Waals surface area contributed by atoms with Crippen LogP contribution in [-0.2, 0) is 13.5 Å². The molecule has 2 atom stereocenters. The van der Waals surface area contributed by atoms with E-state index in [-0.39, 0.29) is 11.9 Å². The van der Waals surface area contributed by atoms with Crippen LogP contribution in [0.25, 0.3) is 17.1 Å². The normalized spacial score (nSPS) is 18.1. The molecule has 1 aliphatic rings. The molecule has 0 bridgehead atoms. The van der Waals surface area contributed by atoms with Gasteiger partial charge in [0.2, 0.25) is 0 Å². The minimum absolute atomic E-state index is 0.246. The monoisotopic (exact) mass is 457 g/mol. The lowest BCUT2D eigenvalue weighted by molar-refractivity contribution is 0.0713. The predicted molar refractivity (Wildman–Crippen MR) is 126 cm³/mol. The van der Waals surface area contributed by atoms with E-state index in [9.17, 15) is 9.90 Å². The van der Waals surface area contributed by atoms with Gasteiger partial charge in [0.15, 0.2) is 5.82 Å². The van der Waals surface area contributed by atoms with Crippen molar-refractivity contribution in [1.29, 1.82) is 0 Å². The van der Waals surface area contributed by atoms with Crippen LogP contribution in [0.15, 0.2) is 61.3 Å². The lowest BCUT2D eigenvalue weighted by Crippen LogP contribution is -2.45. The fourth-order valence-electron chi connectivity index (χ4n) is 4.32. The van der Waals surface area contributed by atoms with Gasteiger partial charge in [0.25, 0.3) is 5.91 Å². The molecule has 174 valence electrons. The molecule has 1 amide bonds. The molecule has 1 saturated carbocycles. The van der Waals surface area contributed by atoms with Crippen molar-refractivity contribution in [2.75, 3.05) is 0 Å². The average Bonchev–Trinajstić information content (AvgIpc) is 3.53. The summed E-state index contributed by atoms with van der Waals surface area (Å²) in [6.45, 7) is 0. The minimum Gasteiger partial charge on any atom is -0.391 e. The van der Waals surface area contributed by atoms with Crippen molar-refractivity contribution in [2.45, 2.75) is 44.2 Å². The molecule has 0 aromatic carbocycles. The zero-order chi connectivity index (χ0) is 23.5. The fraction of sp³-hybridized carbons (Fsp3) is 0.320. The summed E-state index contributed by atoms with van der Waals surface area (Å²) in [5.74, 6) is 0.281. The second-order valence-electron chi connectivity index (χ2n) is 8.73. The average molecular weight is 458 g/mol. The number of rotatable bonds is 6. The molecule has 1 aliphatic carbocycles. The summed E-state index contributed by atoms with van der Waals surface area (Å²) in [5, 5.41) is 21.7. The molecule has 0 spiro atoms. The first kappa shape index (κ1) is 22.0. The van der Waals surface area contributed by atoms with Gasteiger partial charge in [-0.1, -0.05) is 18.9 Å². The third kappa shape index (κ3) is 4.89. The van der Waals surface area contributed by atoms with Gasteiger partial charge in [0, 0.05) is 37.4 Å². The number of aliphatic hydroxyl groups is 1. The Labute approximate surface area is 197 Å². The highest BCUT2D eigenvalue weighted by Crippen LogP contribution is 2.21. The van der Waals surface area contributed by atoms with Crippen LogP contribution in [0.3, 0.4) is 0 Å². The summed E-state index contributed by atoms with van der Waals surface area (Å²) < 4.78 is 3.39. The fourth-order valence-corrected chi connectivity index (χ4v) is 4.32. The number of carbonyl (C=O) groups is 1. The van der Waals surface area contributed by atoms with E-state index in [1.165, 1.54) is 0 Å². The topological polar surface area (TPSA) is 111 Å². The maximum Gasteiger partial charge on any atom is 0.270 e. The van der Waals surface area contributed by atoms with Gasteiger partial charge in [0.1, 0.15) is 5.69 Å². The number of amides is 1. The number of aromatic nitrogens is 6. The van der Waals surface area contributed by atoms with Gasteiger partial charge in [-0.2, -0.15) is 10.2 Å². The van der Waals surface area contributed by atoms with Crippen LogP contribution in [0, 0.1) is 0 Å². The first-order valence-electron chi connectivity index (χ1n) is 11.5. The zero-order valence-electron chi connectivity index (χ0n) is 19.0. The second-order valence-corrected chi connectivity index (χ2v) is 8.73. The molecule has 0 unspecified atom stereocenters. The van der Waals surface area contributed by atoms with Gasteiger partial charge in [-0.25, -0.2) is 9.67 Å². The number of carbonyl (C=O) groups excluding carboxylic acids is 1. The third-order valence-corrected chi connectivity index (χ3v) is 6.12. The van der Waals surface area contributed by atoms with E-state index in [0.29, 0.717) is 24.4 Å². The molecule has 4 aromatic heterocycles. The van der Waals surface area contributed by atoms with E-state index >= 15 is 0 Å². The Balaban J connectivity index is 1.40. The Morgan fingerprint density at radius 3 is 2.74 bits per heavy atom. The highest BCUT2D eigenvalue weighted by atomic mass is 16.3. The second kappa shape index (κ2) is 9.56. The van der Waals surface area contributed by atoms with E-state index in [1.54, 1.807) is 34.0 Å². The molecule has 9 nitrogen and oxygen atoms in total. The smallest absolute Gasteiger partial charge is 0.270 e. The lowest BCUT2D eigenvalue weighted by atomic mass is 9.92. The standard InChI is InChI=1S/C25H27N7O2/c1-31-16-19(15-28-31)20-8-7-17(14-26-20)11-18-12-22(29-24(13-18)32-10-4-9-27-32)25(34)30-21-5-2-3-6-23(21)33/h4,7-10,12-16,21,23,33H,2-3,5-6,11H2,1H3,(H,30,34)/t21-,23-/m0/s1. The van der Waals surface area contributed by atoms with Gasteiger partial charge >= 0.3 is 0 Å². The summed E-state index contributed by atoms with van der Waals surface area (Å²) in [7, 11) is 1.88. The van der Waals surface area contributed by atoms with E-state index in [0.717, 1.165) is 41.6 Å². The molecular formula is C25H27N7O2. The molecule has 1 fully saturated rings. The van der Waals surface area contributed by atoms with Crippen LogP contribution in [-0.4, -0.2) is 52.7 Å². The van der Waals surface area contributed by atoms with Crippen LogP contribution in [0.5, 0.6) is 0 Å². The third-order valence-electron chi connectivity index (χ3n) is 6.12. The van der Waals surface area contributed by atoms with E-state index in [2.05, 4.69) is 25.5 Å². The molecule has 4 aromatic rings. The summed E-state index contributed by atoms with van der Waals surface area (Å²) in [6, 6.07) is 9.29. The van der Waals surface area contributed by atoms with Crippen LogP contribution in [0.1, 0.15) is 47.3 Å². The highest BCUT2D eigenvalue weighted by Gasteiger charge is 2.25. The molecular weight excluding hydrogens is 430 g/mol. The lowest BCUT2D eigenvalue weighted by Gasteiger charge is -2.28. The Kier molecular flexibility index (Phi) is 6.18. The number of nitrogens with one attached hydrogen (secondary N) is 1. The first-order chi connectivity index (χ1) is 16.5. The Bertz CT molecular complexity index is 1260. The van der Waals surface area contributed by atoms with E-state index in [1.807, 2.05) is 43.7 Å². The molecule has 2 N–H and O–H groups in total. The van der Waals surface area contributed by atoms with E-state index in [4.69, 9.17) is 0 Å². The molecule has 4 heterocycles. The van der Waals surface area contributed by atoms with Gasteiger partial charge < -0.3 is 10.4 Å². The van der Waals surface area contributed by atoms with Crippen molar-refractivity contribution in [3.63, 3.8) is 0 Å². The Morgan fingerprint density at radius 1 is 1.15 bits per heavy atom. The highest BCUT2D eigenvalue weighted by molar-refractivity contribution is 5.93. The number of aryl methyl sites for hydroxylation is 1. The Morgan fingerprint density at radius 2 is 2.03 bits per heavy atom. The number of aliphatic hydroxyl groups excluding tert-OH is 1. The van der Waals surface area contributed by atoms with E-state index < -0.39 is 6.10 Å². The quantitative estimate of drug-likeness (QED) is 0.461. The van der Waals surface area contributed by atoms with Crippen molar-refractivity contribution >= 4 is 5.91 Å². The largest absolute Gasteiger partial charge is 0.391 e. The van der Waals surface area contributed by atoms with Gasteiger partial charge in [-0.15, -0.1) is 0 Å². The molecule has 34 heavy (non-hydrogen) atoms. The molecule has 0 radical (unpaired) electrons. The van der Waals surface area contributed by atoms with Crippen molar-refractivity contribution < 1.29 is 9.90 Å². The number of nitrogens with zero attached hydrogens (tertiary/aromatic N) is 6. The number of pyridine rings is 2. The van der Waals surface area contributed by atoms with Crippen molar-refractivity contribution in [1.82, 2.24) is 34.8 Å². The maximum absolute atomic E-state index is 13.1. The number of hydrogen-bond acceptors (Lipinski definition) is 6. The van der Waals surface area contributed by atoms with Gasteiger partial charge in [0.05, 0.1) is 24.0 Å². The summed E-state index contributed by atoms with van der Waals surface area (Å²) in [5.41, 5.74) is 4.06. The summed E-state index contributed by atoms with van der Waals surface area (Å²) >= 11 is 0. The molecule has 0 saturated heterocycles. The minimum atomic E-state index is -0.518. The first-order valence-corrected chi connectivity index (χ1v) is 11.5. The van der Waals surface area contributed by atoms with Gasteiger partial charge in [-0.05, 0) is 54.7 Å². The van der Waals surface area contributed by atoms with Gasteiger partial charge in [-0.3, -0.25) is 14.5 Å². The maximum atomic E-state index is 13.1. The summed E-state index contributed by atoms with van der Waals surface area (Å²) in [6.07, 6.45) is 12.6. The number of hydrogen-bond donors (Lipinski definition) is 2. The van der Waals surface area contributed by atoms with Crippen molar-refractivity contribution in [3.8, 4) is 17.1 Å². The van der Waals surface area contributed by atoms with Crippen LogP contribution < -0.4 is 5.32 Å². The molecule has 9 heteroatoms. The molecule has 5 rings (SSSR count). The van der Waals surface area contributed by atoms with Crippen molar-refractivity contribution in [2.24, 2.45) is 7.05 Å². The van der Waals surface area contributed by atoms with Crippen molar-refractivity contribution in [3.05, 3.63) is 78.1 Å².